The summed E-state index contributed by atoms with van der Waals surface area (Å²) in [7, 11) is 1.69. The van der Waals surface area contributed by atoms with Crippen LogP contribution in [0.25, 0.3) is 0 Å². The molecule has 0 saturated heterocycles. The number of rotatable bonds is 6. The Labute approximate surface area is 123 Å². The molecule has 0 radical (unpaired) electrons. The summed E-state index contributed by atoms with van der Waals surface area (Å²) in [5.74, 6) is 1.75. The first kappa shape index (κ1) is 15.8. The molecule has 0 heterocycles. The summed E-state index contributed by atoms with van der Waals surface area (Å²) in [6.45, 7) is 6.58. The van der Waals surface area contributed by atoms with E-state index in [4.69, 9.17) is 4.74 Å². The number of benzene rings is 1. The molecule has 0 aliphatic carbocycles. The van der Waals surface area contributed by atoms with Crippen molar-refractivity contribution in [2.45, 2.75) is 20.3 Å². The Hall–Kier alpha value is -1.23. The van der Waals surface area contributed by atoms with E-state index in [1.54, 1.807) is 7.11 Å². The van der Waals surface area contributed by atoms with Gasteiger partial charge < -0.3 is 15.4 Å². The minimum atomic E-state index is 0.724. The van der Waals surface area contributed by atoms with Crippen molar-refractivity contribution in [3.63, 3.8) is 0 Å². The highest BCUT2D eigenvalue weighted by Gasteiger charge is 2.06. The molecule has 0 amide bonds. The van der Waals surface area contributed by atoms with Crippen LogP contribution in [0.15, 0.2) is 27.7 Å². The van der Waals surface area contributed by atoms with Crippen LogP contribution in [0.5, 0.6) is 5.75 Å². The molecule has 5 heteroatoms. The van der Waals surface area contributed by atoms with Crippen molar-refractivity contribution < 1.29 is 4.74 Å². The molecule has 0 aliphatic heterocycles. The Morgan fingerprint density at radius 2 is 1.95 bits per heavy atom. The second-order valence-corrected chi connectivity index (χ2v) is 4.83. The van der Waals surface area contributed by atoms with E-state index in [-0.39, 0.29) is 0 Å². The molecule has 0 fully saturated rings. The first-order valence-electron chi connectivity index (χ1n) is 6.56. The Morgan fingerprint density at radius 1 is 1.26 bits per heavy atom. The largest absolute Gasteiger partial charge is 0.495 e. The summed E-state index contributed by atoms with van der Waals surface area (Å²) >= 11 is 3.49. The fraction of sp³-hybridized carbons (Fsp3) is 0.500. The van der Waals surface area contributed by atoms with Crippen LogP contribution in [0.1, 0.15) is 19.4 Å². The van der Waals surface area contributed by atoms with Gasteiger partial charge in [0, 0.05) is 19.6 Å². The topological polar surface area (TPSA) is 45.7 Å². The van der Waals surface area contributed by atoms with Gasteiger partial charge >= 0.3 is 0 Å². The van der Waals surface area contributed by atoms with E-state index in [2.05, 4.69) is 51.5 Å². The highest BCUT2D eigenvalue weighted by atomic mass is 79.9. The van der Waals surface area contributed by atoms with Crippen LogP contribution in [0.2, 0.25) is 0 Å². The number of halogens is 1. The van der Waals surface area contributed by atoms with Gasteiger partial charge in [-0.25, -0.2) is 0 Å². The highest BCUT2D eigenvalue weighted by molar-refractivity contribution is 9.10. The number of aliphatic imine (C=N–C) groups is 1. The van der Waals surface area contributed by atoms with Gasteiger partial charge in [-0.15, -0.1) is 0 Å². The first-order chi connectivity index (χ1) is 9.22. The monoisotopic (exact) mass is 327 g/mol. The average molecular weight is 328 g/mol. The molecule has 0 aliphatic rings. The maximum Gasteiger partial charge on any atom is 0.191 e. The zero-order valence-corrected chi connectivity index (χ0v) is 13.4. The molecule has 0 atom stereocenters. The van der Waals surface area contributed by atoms with E-state index in [9.17, 15) is 0 Å². The number of hydrogen-bond acceptors (Lipinski definition) is 2. The molecule has 0 aromatic heterocycles. The maximum atomic E-state index is 5.40. The van der Waals surface area contributed by atoms with Crippen LogP contribution >= 0.6 is 15.9 Å². The first-order valence-corrected chi connectivity index (χ1v) is 7.35. The van der Waals surface area contributed by atoms with Gasteiger partial charge in [0.15, 0.2) is 5.96 Å². The molecular weight excluding hydrogens is 306 g/mol. The quantitative estimate of drug-likeness (QED) is 0.623. The number of nitrogens with one attached hydrogen (secondary N) is 2. The van der Waals surface area contributed by atoms with Crippen molar-refractivity contribution in [1.82, 2.24) is 10.6 Å². The van der Waals surface area contributed by atoms with E-state index in [1.165, 1.54) is 0 Å². The molecule has 0 bridgehead atoms. The van der Waals surface area contributed by atoms with Crippen LogP contribution in [0.3, 0.4) is 0 Å². The summed E-state index contributed by atoms with van der Waals surface area (Å²) < 4.78 is 6.38. The summed E-state index contributed by atoms with van der Waals surface area (Å²) in [4.78, 5) is 4.53. The third-order valence-corrected chi connectivity index (χ3v) is 3.22. The second kappa shape index (κ2) is 8.80. The number of ether oxygens (including phenoxy) is 1. The molecule has 1 rings (SSSR count). The van der Waals surface area contributed by atoms with Crippen molar-refractivity contribution in [1.29, 1.82) is 0 Å². The van der Waals surface area contributed by atoms with Gasteiger partial charge in [0.1, 0.15) is 5.75 Å². The number of nitrogens with zero attached hydrogens (tertiary/aromatic N) is 1. The predicted molar refractivity (Wildman–Crippen MR) is 84.1 cm³/mol. The third-order valence-electron chi connectivity index (χ3n) is 2.59. The van der Waals surface area contributed by atoms with Gasteiger partial charge in [0.05, 0.1) is 11.6 Å². The lowest BCUT2D eigenvalue weighted by molar-refractivity contribution is 0.407. The third kappa shape index (κ3) is 5.11. The molecule has 19 heavy (non-hydrogen) atoms. The van der Waals surface area contributed by atoms with Crippen LogP contribution < -0.4 is 15.4 Å². The van der Waals surface area contributed by atoms with Crippen LogP contribution in [0.4, 0.5) is 0 Å². The molecule has 106 valence electrons. The smallest absolute Gasteiger partial charge is 0.191 e. The van der Waals surface area contributed by atoms with Crippen molar-refractivity contribution in [2.75, 3.05) is 26.7 Å². The number of methoxy groups -OCH3 is 1. The molecule has 1 aromatic carbocycles. The number of guanidine groups is 1. The zero-order valence-electron chi connectivity index (χ0n) is 11.8. The van der Waals surface area contributed by atoms with E-state index >= 15 is 0 Å². The van der Waals surface area contributed by atoms with E-state index in [0.717, 1.165) is 47.8 Å². The summed E-state index contributed by atoms with van der Waals surface area (Å²) in [5, 5.41) is 6.42. The van der Waals surface area contributed by atoms with Gasteiger partial charge in [0.25, 0.3) is 0 Å². The lowest BCUT2D eigenvalue weighted by Gasteiger charge is -2.11. The van der Waals surface area contributed by atoms with Crippen LogP contribution in [-0.4, -0.2) is 32.7 Å². The standard InChI is InChI=1S/C14H22BrN3O/c1-4-16-14(17-5-2)18-10-9-11-7-6-8-12(15)13(11)19-3/h6-8H,4-5,9-10H2,1-3H3,(H2,16,17,18). The predicted octanol–water partition coefficient (Wildman–Crippen LogP) is 2.58. The summed E-state index contributed by atoms with van der Waals surface area (Å²) in [5.41, 5.74) is 1.16. The molecule has 0 spiro atoms. The molecule has 0 saturated carbocycles. The Morgan fingerprint density at radius 3 is 2.53 bits per heavy atom. The van der Waals surface area contributed by atoms with Gasteiger partial charge in [-0.1, -0.05) is 12.1 Å². The van der Waals surface area contributed by atoms with Gasteiger partial charge in [-0.05, 0) is 47.8 Å². The second-order valence-electron chi connectivity index (χ2n) is 3.97. The minimum absolute atomic E-state index is 0.724. The van der Waals surface area contributed by atoms with Crippen LogP contribution in [-0.2, 0) is 6.42 Å². The van der Waals surface area contributed by atoms with Crippen molar-refractivity contribution in [2.24, 2.45) is 4.99 Å². The van der Waals surface area contributed by atoms with E-state index < -0.39 is 0 Å². The Bertz CT molecular complexity index is 413. The van der Waals surface area contributed by atoms with Crippen LogP contribution in [0, 0.1) is 0 Å². The lowest BCUT2D eigenvalue weighted by atomic mass is 10.1. The lowest BCUT2D eigenvalue weighted by Crippen LogP contribution is -2.37. The van der Waals surface area contributed by atoms with E-state index in [0.29, 0.717) is 0 Å². The van der Waals surface area contributed by atoms with Crippen molar-refractivity contribution in [3.05, 3.63) is 28.2 Å². The van der Waals surface area contributed by atoms with Crippen molar-refractivity contribution in [3.8, 4) is 5.75 Å². The minimum Gasteiger partial charge on any atom is -0.495 e. The van der Waals surface area contributed by atoms with Gasteiger partial charge in [-0.3, -0.25) is 4.99 Å². The van der Waals surface area contributed by atoms with Gasteiger partial charge in [0.2, 0.25) is 0 Å². The molecule has 0 unspecified atom stereocenters. The van der Waals surface area contributed by atoms with Crippen molar-refractivity contribution >= 4 is 21.9 Å². The molecular formula is C14H22BrN3O. The molecule has 1 aromatic rings. The highest BCUT2D eigenvalue weighted by Crippen LogP contribution is 2.28. The SMILES string of the molecule is CCNC(=NCCc1cccc(Br)c1OC)NCC. The summed E-state index contributed by atoms with van der Waals surface area (Å²) in [6, 6.07) is 6.06. The maximum absolute atomic E-state index is 5.40. The zero-order chi connectivity index (χ0) is 14.1. The number of hydrogen-bond donors (Lipinski definition) is 2. The Balaban J connectivity index is 2.65. The fourth-order valence-corrected chi connectivity index (χ4v) is 2.35. The number of para-hydroxylation sites is 1. The Kier molecular flexibility index (Phi) is 7.33. The normalized spacial score (nSPS) is 9.89. The van der Waals surface area contributed by atoms with Gasteiger partial charge in [-0.2, -0.15) is 0 Å². The van der Waals surface area contributed by atoms with E-state index in [1.807, 2.05) is 12.1 Å². The molecule has 4 nitrogen and oxygen atoms in total. The summed E-state index contributed by atoms with van der Waals surface area (Å²) in [6.07, 6.45) is 0.850. The molecule has 2 N–H and O–H groups in total. The fourth-order valence-electron chi connectivity index (χ4n) is 1.78. The average Bonchev–Trinajstić information content (AvgIpc) is 2.39.